The van der Waals surface area contributed by atoms with E-state index >= 15 is 0 Å². The third kappa shape index (κ3) is 5.25. The summed E-state index contributed by atoms with van der Waals surface area (Å²) in [5.41, 5.74) is 8.55. The molecule has 0 N–H and O–H groups in total. The monoisotopic (exact) mass is 539 g/mol. The SMILES string of the molecule is C1=[N+](c2ccccc2C2CCCCC2)[C@@H](c2ccccc2)[C@H](c2ccccc2)N1c1ccccc1C1CCCCC1. The van der Waals surface area contributed by atoms with Crippen molar-refractivity contribution >= 4 is 17.7 Å². The van der Waals surface area contributed by atoms with E-state index < -0.39 is 0 Å². The number of rotatable bonds is 6. The molecule has 7 rings (SSSR count). The zero-order chi connectivity index (χ0) is 27.4. The van der Waals surface area contributed by atoms with Gasteiger partial charge in [0.1, 0.15) is 11.4 Å². The fourth-order valence-electron chi connectivity index (χ4n) is 7.96. The second-order valence-electron chi connectivity index (χ2n) is 12.4. The van der Waals surface area contributed by atoms with E-state index in [-0.39, 0.29) is 12.1 Å². The minimum atomic E-state index is 0.169. The first-order valence-electron chi connectivity index (χ1n) is 16.1. The van der Waals surface area contributed by atoms with Crippen LogP contribution in [0, 0.1) is 0 Å². The molecule has 0 amide bonds. The summed E-state index contributed by atoms with van der Waals surface area (Å²) in [4.78, 5) is 2.63. The van der Waals surface area contributed by atoms with Crippen LogP contribution in [0.2, 0.25) is 0 Å². The van der Waals surface area contributed by atoms with Crippen LogP contribution in [0.25, 0.3) is 0 Å². The molecule has 2 atom stereocenters. The Kier molecular flexibility index (Phi) is 7.73. The van der Waals surface area contributed by atoms with Gasteiger partial charge in [0.15, 0.2) is 12.1 Å². The van der Waals surface area contributed by atoms with E-state index in [1.165, 1.54) is 97.8 Å². The molecule has 0 saturated heterocycles. The van der Waals surface area contributed by atoms with Crippen molar-refractivity contribution in [2.45, 2.75) is 88.1 Å². The highest BCUT2D eigenvalue weighted by molar-refractivity contribution is 5.82. The second kappa shape index (κ2) is 12.1. The standard InChI is InChI=1S/C39H43N2/c1-5-17-30(18-6-1)34-25-13-15-27-36(34)40-29-41(37-28-16-14-26-35(37)31-19-7-2-8-20-31)39(33-23-11-4-12-24-33)38(40)32-21-9-3-10-22-32/h3-4,9-16,21-31,38-39H,1-2,5-8,17-20H2/q+1/t38-,39-/m0/s1. The fourth-order valence-corrected chi connectivity index (χ4v) is 7.96. The van der Waals surface area contributed by atoms with Gasteiger partial charge in [0, 0.05) is 22.3 Å². The Bertz CT molecular complexity index is 1460. The van der Waals surface area contributed by atoms with Crippen LogP contribution < -0.4 is 4.90 Å². The Morgan fingerprint density at radius 1 is 0.488 bits per heavy atom. The summed E-state index contributed by atoms with van der Waals surface area (Å²) >= 11 is 0. The van der Waals surface area contributed by atoms with E-state index in [4.69, 9.17) is 0 Å². The summed E-state index contributed by atoms with van der Waals surface area (Å²) in [7, 11) is 0. The highest BCUT2D eigenvalue weighted by atomic mass is 15.3. The number of para-hydroxylation sites is 2. The molecular weight excluding hydrogens is 496 g/mol. The molecule has 2 aliphatic carbocycles. The quantitative estimate of drug-likeness (QED) is 0.221. The maximum Gasteiger partial charge on any atom is 0.245 e. The molecule has 41 heavy (non-hydrogen) atoms. The van der Waals surface area contributed by atoms with Crippen molar-refractivity contribution in [3.63, 3.8) is 0 Å². The zero-order valence-electron chi connectivity index (χ0n) is 24.2. The van der Waals surface area contributed by atoms with E-state index in [2.05, 4.69) is 125 Å². The molecule has 0 radical (unpaired) electrons. The maximum atomic E-state index is 2.63. The van der Waals surface area contributed by atoms with Crippen LogP contribution in [0.5, 0.6) is 0 Å². The number of hydrogen-bond donors (Lipinski definition) is 0. The minimum Gasteiger partial charge on any atom is -0.222 e. The smallest absolute Gasteiger partial charge is 0.222 e. The van der Waals surface area contributed by atoms with Gasteiger partial charge < -0.3 is 0 Å². The molecule has 1 heterocycles. The van der Waals surface area contributed by atoms with Crippen molar-refractivity contribution < 1.29 is 4.58 Å². The first-order valence-corrected chi connectivity index (χ1v) is 16.1. The van der Waals surface area contributed by atoms with Gasteiger partial charge >= 0.3 is 0 Å². The van der Waals surface area contributed by atoms with Crippen LogP contribution in [0.3, 0.4) is 0 Å². The lowest BCUT2D eigenvalue weighted by molar-refractivity contribution is -0.482. The molecule has 1 aliphatic heterocycles. The molecule has 0 aromatic heterocycles. The first-order chi connectivity index (χ1) is 20.4. The Labute approximate surface area is 246 Å². The van der Waals surface area contributed by atoms with Gasteiger partial charge in [-0.3, -0.25) is 0 Å². The summed E-state index contributed by atoms with van der Waals surface area (Å²) in [5.74, 6) is 1.28. The molecular formula is C39H43N2+. The van der Waals surface area contributed by atoms with E-state index in [1.54, 1.807) is 0 Å². The number of hydrogen-bond acceptors (Lipinski definition) is 1. The Hall–Kier alpha value is -3.65. The van der Waals surface area contributed by atoms with Gasteiger partial charge in [-0.25, -0.2) is 9.48 Å². The van der Waals surface area contributed by atoms with Gasteiger partial charge in [-0.2, -0.15) is 0 Å². The lowest BCUT2D eigenvalue weighted by Crippen LogP contribution is -2.27. The van der Waals surface area contributed by atoms with Gasteiger partial charge in [-0.15, -0.1) is 0 Å². The zero-order valence-corrected chi connectivity index (χ0v) is 24.2. The summed E-state index contributed by atoms with van der Waals surface area (Å²) in [6.07, 6.45) is 15.8. The van der Waals surface area contributed by atoms with Crippen LogP contribution in [0.15, 0.2) is 109 Å². The van der Waals surface area contributed by atoms with Crippen molar-refractivity contribution in [3.05, 3.63) is 131 Å². The molecule has 3 aliphatic rings. The molecule has 0 unspecified atom stereocenters. The average molecular weight is 540 g/mol. The molecule has 2 fully saturated rings. The van der Waals surface area contributed by atoms with Crippen molar-refractivity contribution in [2.24, 2.45) is 0 Å². The van der Waals surface area contributed by atoms with Crippen molar-refractivity contribution in [1.82, 2.24) is 0 Å². The Balaban J connectivity index is 1.43. The number of nitrogens with zero attached hydrogens (tertiary/aromatic N) is 2. The van der Waals surface area contributed by atoms with Crippen LogP contribution in [-0.2, 0) is 0 Å². The molecule has 2 heteroatoms. The van der Waals surface area contributed by atoms with Gasteiger partial charge in [0.05, 0.1) is 0 Å². The Morgan fingerprint density at radius 2 is 1.00 bits per heavy atom. The summed E-state index contributed by atoms with van der Waals surface area (Å²) in [6.45, 7) is 0. The van der Waals surface area contributed by atoms with E-state index in [0.29, 0.717) is 11.8 Å². The maximum absolute atomic E-state index is 2.63. The number of benzene rings is 4. The van der Waals surface area contributed by atoms with Crippen molar-refractivity contribution in [3.8, 4) is 0 Å². The minimum absolute atomic E-state index is 0.169. The fraction of sp³-hybridized carbons (Fsp3) is 0.359. The highest BCUT2D eigenvalue weighted by Crippen LogP contribution is 2.49. The number of anilines is 1. The van der Waals surface area contributed by atoms with E-state index in [0.717, 1.165) is 0 Å². The van der Waals surface area contributed by atoms with Crippen molar-refractivity contribution in [1.29, 1.82) is 0 Å². The highest BCUT2D eigenvalue weighted by Gasteiger charge is 2.47. The lowest BCUT2D eigenvalue weighted by atomic mass is 9.82. The predicted molar refractivity (Wildman–Crippen MR) is 171 cm³/mol. The van der Waals surface area contributed by atoms with Gasteiger partial charge in [0.2, 0.25) is 6.34 Å². The third-order valence-electron chi connectivity index (χ3n) is 9.95. The third-order valence-corrected chi connectivity index (χ3v) is 9.95. The van der Waals surface area contributed by atoms with E-state index in [9.17, 15) is 0 Å². The normalized spacial score (nSPS) is 22.0. The van der Waals surface area contributed by atoms with Gasteiger partial charge in [-0.05, 0) is 49.7 Å². The summed E-state index contributed by atoms with van der Waals surface area (Å²) in [5, 5.41) is 0. The molecule has 4 aromatic carbocycles. The van der Waals surface area contributed by atoms with Crippen LogP contribution >= 0.6 is 0 Å². The topological polar surface area (TPSA) is 6.25 Å². The van der Waals surface area contributed by atoms with Crippen LogP contribution in [-0.4, -0.2) is 10.9 Å². The average Bonchev–Trinajstić information content (AvgIpc) is 3.47. The van der Waals surface area contributed by atoms with Crippen LogP contribution in [0.1, 0.15) is 110 Å². The molecule has 0 bridgehead atoms. The summed E-state index contributed by atoms with van der Waals surface area (Å²) in [6, 6.07) is 41.4. The first kappa shape index (κ1) is 26.3. The molecule has 2 saturated carbocycles. The van der Waals surface area contributed by atoms with E-state index in [1.807, 2.05) is 0 Å². The van der Waals surface area contributed by atoms with Gasteiger partial charge in [-0.1, -0.05) is 136 Å². The Morgan fingerprint density at radius 3 is 1.66 bits per heavy atom. The molecule has 0 spiro atoms. The lowest BCUT2D eigenvalue weighted by Gasteiger charge is -2.29. The second-order valence-corrected chi connectivity index (χ2v) is 12.4. The van der Waals surface area contributed by atoms with Crippen molar-refractivity contribution in [2.75, 3.05) is 4.90 Å². The van der Waals surface area contributed by atoms with Crippen LogP contribution in [0.4, 0.5) is 11.4 Å². The molecule has 4 aromatic rings. The molecule has 208 valence electrons. The van der Waals surface area contributed by atoms with Gasteiger partial charge in [0.25, 0.3) is 0 Å². The largest absolute Gasteiger partial charge is 0.245 e. The molecule has 2 nitrogen and oxygen atoms in total. The summed E-state index contributed by atoms with van der Waals surface area (Å²) < 4.78 is 2.63. The predicted octanol–water partition coefficient (Wildman–Crippen LogP) is 10.5.